The average molecular weight is 447 g/mol. The molecule has 2 heterocycles. The Kier molecular flexibility index (Phi) is 6.60. The highest BCUT2D eigenvalue weighted by Gasteiger charge is 2.36. The quantitative estimate of drug-likeness (QED) is 0.628. The molecule has 2 aromatic carbocycles. The smallest absolute Gasteiger partial charge is 0.273 e. The Morgan fingerprint density at radius 1 is 1.15 bits per heavy atom. The summed E-state index contributed by atoms with van der Waals surface area (Å²) in [5.41, 5.74) is 4.48. The van der Waals surface area contributed by atoms with E-state index in [1.54, 1.807) is 4.90 Å². The summed E-state index contributed by atoms with van der Waals surface area (Å²) in [7, 11) is 1.81. The van der Waals surface area contributed by atoms with Gasteiger partial charge in [0.1, 0.15) is 0 Å². The van der Waals surface area contributed by atoms with Crippen molar-refractivity contribution in [2.75, 3.05) is 20.1 Å². The summed E-state index contributed by atoms with van der Waals surface area (Å²) in [4.78, 5) is 33.8. The minimum absolute atomic E-state index is 0.0264. The monoisotopic (exact) mass is 446 g/mol. The molecule has 0 aliphatic carbocycles. The first-order valence-corrected chi connectivity index (χ1v) is 11.2. The summed E-state index contributed by atoms with van der Waals surface area (Å²) in [6.07, 6.45) is 1.30. The third-order valence-electron chi connectivity index (χ3n) is 6.19. The highest BCUT2D eigenvalue weighted by atomic mass is 16.3. The van der Waals surface area contributed by atoms with Crippen molar-refractivity contribution in [3.05, 3.63) is 77.3 Å². The van der Waals surface area contributed by atoms with Gasteiger partial charge in [0, 0.05) is 38.3 Å². The van der Waals surface area contributed by atoms with Gasteiger partial charge >= 0.3 is 0 Å². The number of hydrogen-bond donors (Lipinski definition) is 1. The third kappa shape index (κ3) is 4.98. The molecule has 1 aliphatic heterocycles. The summed E-state index contributed by atoms with van der Waals surface area (Å²) in [6.45, 7) is 7.55. The maximum atomic E-state index is 13.0. The fourth-order valence-corrected chi connectivity index (χ4v) is 4.45. The molecule has 1 saturated heterocycles. The molecule has 0 radical (unpaired) electrons. The molecule has 1 fully saturated rings. The van der Waals surface area contributed by atoms with Gasteiger partial charge in [-0.05, 0) is 32.4 Å². The van der Waals surface area contributed by atoms with E-state index in [9.17, 15) is 9.59 Å². The van der Waals surface area contributed by atoms with Crippen LogP contribution in [0.25, 0.3) is 11.3 Å². The molecule has 0 saturated carbocycles. The summed E-state index contributed by atoms with van der Waals surface area (Å²) in [6, 6.07) is 15.8. The van der Waals surface area contributed by atoms with Gasteiger partial charge in [-0.25, -0.2) is 4.98 Å². The van der Waals surface area contributed by atoms with Gasteiger partial charge in [0.05, 0.1) is 6.04 Å². The number of benzene rings is 2. The number of nitrogens with zero attached hydrogens (tertiary/aromatic N) is 3. The number of aromatic nitrogens is 1. The van der Waals surface area contributed by atoms with Crippen LogP contribution in [-0.4, -0.2) is 58.8 Å². The second kappa shape index (κ2) is 9.58. The van der Waals surface area contributed by atoms with Gasteiger partial charge in [-0.15, -0.1) is 0 Å². The third-order valence-corrected chi connectivity index (χ3v) is 6.19. The number of oxazole rings is 1. The number of aryl methyl sites for hydroxylation is 2. The van der Waals surface area contributed by atoms with Crippen LogP contribution in [0.4, 0.5) is 0 Å². The van der Waals surface area contributed by atoms with Crippen molar-refractivity contribution in [1.82, 2.24) is 20.1 Å². The summed E-state index contributed by atoms with van der Waals surface area (Å²) in [5, 5.41) is 3.02. The maximum Gasteiger partial charge on any atom is 0.273 e. The van der Waals surface area contributed by atoms with Crippen molar-refractivity contribution in [2.45, 2.75) is 39.4 Å². The van der Waals surface area contributed by atoms with Crippen LogP contribution >= 0.6 is 0 Å². The van der Waals surface area contributed by atoms with E-state index >= 15 is 0 Å². The van der Waals surface area contributed by atoms with E-state index in [1.165, 1.54) is 12.0 Å². The van der Waals surface area contributed by atoms with Gasteiger partial charge in [-0.2, -0.15) is 0 Å². The van der Waals surface area contributed by atoms with Crippen LogP contribution in [-0.2, 0) is 11.3 Å². The van der Waals surface area contributed by atoms with Crippen molar-refractivity contribution in [3.63, 3.8) is 0 Å². The molecule has 7 heteroatoms. The molecule has 0 unspecified atom stereocenters. The zero-order valence-electron chi connectivity index (χ0n) is 19.5. The highest BCUT2D eigenvalue weighted by Crippen LogP contribution is 2.24. The molecular weight excluding hydrogens is 416 g/mol. The van der Waals surface area contributed by atoms with Gasteiger partial charge in [-0.3, -0.25) is 14.5 Å². The normalized spacial score (nSPS) is 19.0. The van der Waals surface area contributed by atoms with Crippen LogP contribution in [0.3, 0.4) is 0 Å². The Labute approximate surface area is 194 Å². The van der Waals surface area contributed by atoms with Crippen LogP contribution in [0.2, 0.25) is 0 Å². The Morgan fingerprint density at radius 2 is 1.88 bits per heavy atom. The molecule has 33 heavy (non-hydrogen) atoms. The molecule has 0 bridgehead atoms. The van der Waals surface area contributed by atoms with Crippen LogP contribution in [0.1, 0.15) is 34.1 Å². The number of hydrogen-bond acceptors (Lipinski definition) is 5. The van der Waals surface area contributed by atoms with Crippen molar-refractivity contribution < 1.29 is 14.0 Å². The fourth-order valence-electron chi connectivity index (χ4n) is 4.45. The lowest BCUT2D eigenvalue weighted by Crippen LogP contribution is -2.62. The minimum atomic E-state index is -0.289. The Morgan fingerprint density at radius 3 is 2.61 bits per heavy atom. The molecule has 1 aromatic heterocycles. The van der Waals surface area contributed by atoms with Gasteiger partial charge in [-0.1, -0.05) is 53.6 Å². The topological polar surface area (TPSA) is 78.7 Å². The second-order valence-electron chi connectivity index (χ2n) is 8.82. The molecule has 172 valence electrons. The number of carbonyl (C=O) groups excluding carboxylic acids is 2. The largest absolute Gasteiger partial charge is 0.443 e. The highest BCUT2D eigenvalue weighted by molar-refractivity contribution is 5.97. The van der Waals surface area contributed by atoms with Crippen LogP contribution in [0.5, 0.6) is 0 Å². The number of amides is 2. The number of piperazine rings is 1. The first-order chi connectivity index (χ1) is 15.8. The van der Waals surface area contributed by atoms with E-state index < -0.39 is 0 Å². The standard InChI is InChI=1S/C26H30N4O3/c1-17-7-5-9-20(11-17)14-30-19(3)26(32)29(4)15-22(30)13-27-25(31)23-24(33-16-28-23)21-10-6-8-18(2)12-21/h5-12,16,19,22H,13-15H2,1-4H3,(H,27,31)/t19-,22+/m0/s1. The van der Waals surface area contributed by atoms with Gasteiger partial charge in [0.25, 0.3) is 5.91 Å². The lowest BCUT2D eigenvalue weighted by Gasteiger charge is -2.44. The zero-order chi connectivity index (χ0) is 23.5. The number of carbonyl (C=O) groups is 2. The molecule has 1 N–H and O–H groups in total. The first kappa shape index (κ1) is 22.7. The fraction of sp³-hybridized carbons (Fsp3) is 0.346. The second-order valence-corrected chi connectivity index (χ2v) is 8.82. The SMILES string of the molecule is Cc1cccc(CN2[C@H](CNC(=O)c3ncoc3-c3cccc(C)c3)CN(C)C(=O)[C@@H]2C)c1. The minimum Gasteiger partial charge on any atom is -0.443 e. The van der Waals surface area contributed by atoms with Crippen LogP contribution in [0.15, 0.2) is 59.3 Å². The van der Waals surface area contributed by atoms with Gasteiger partial charge in [0.2, 0.25) is 5.91 Å². The molecule has 4 rings (SSSR count). The van der Waals surface area contributed by atoms with Gasteiger partial charge < -0.3 is 14.6 Å². The van der Waals surface area contributed by atoms with E-state index in [4.69, 9.17) is 4.42 Å². The molecule has 1 aliphatic rings. The van der Waals surface area contributed by atoms with Crippen molar-refractivity contribution in [2.24, 2.45) is 0 Å². The van der Waals surface area contributed by atoms with Crippen LogP contribution in [0, 0.1) is 13.8 Å². The predicted octanol–water partition coefficient (Wildman–Crippen LogP) is 3.42. The predicted molar refractivity (Wildman–Crippen MR) is 127 cm³/mol. The van der Waals surface area contributed by atoms with E-state index in [-0.39, 0.29) is 29.6 Å². The lowest BCUT2D eigenvalue weighted by atomic mass is 10.0. The Hall–Kier alpha value is -3.45. The summed E-state index contributed by atoms with van der Waals surface area (Å²) >= 11 is 0. The number of likely N-dealkylation sites (N-methyl/N-ethyl adjacent to an activating group) is 1. The average Bonchev–Trinajstić information content (AvgIpc) is 3.28. The van der Waals surface area contributed by atoms with Gasteiger partial charge in [0.15, 0.2) is 17.8 Å². The zero-order valence-corrected chi connectivity index (χ0v) is 19.5. The maximum absolute atomic E-state index is 13.0. The van der Waals surface area contributed by atoms with Crippen molar-refractivity contribution in [1.29, 1.82) is 0 Å². The summed E-state index contributed by atoms with van der Waals surface area (Å²) < 4.78 is 5.54. The Bertz CT molecular complexity index is 1160. The first-order valence-electron chi connectivity index (χ1n) is 11.2. The number of rotatable bonds is 6. The summed E-state index contributed by atoms with van der Waals surface area (Å²) in [5.74, 6) is 0.253. The molecular formula is C26H30N4O3. The molecule has 2 atom stereocenters. The van der Waals surface area contributed by atoms with E-state index in [1.807, 2.05) is 51.2 Å². The van der Waals surface area contributed by atoms with Crippen LogP contribution < -0.4 is 5.32 Å². The van der Waals surface area contributed by atoms with Crippen molar-refractivity contribution >= 4 is 11.8 Å². The lowest BCUT2D eigenvalue weighted by molar-refractivity contribution is -0.142. The molecule has 7 nitrogen and oxygen atoms in total. The van der Waals surface area contributed by atoms with E-state index in [2.05, 4.69) is 40.3 Å². The Balaban J connectivity index is 1.50. The number of nitrogens with one attached hydrogen (secondary N) is 1. The molecule has 0 spiro atoms. The van der Waals surface area contributed by atoms with E-state index in [0.717, 1.165) is 16.7 Å². The van der Waals surface area contributed by atoms with E-state index in [0.29, 0.717) is 25.4 Å². The molecule has 2 amide bonds. The molecule has 3 aromatic rings. The van der Waals surface area contributed by atoms with Crippen molar-refractivity contribution in [3.8, 4) is 11.3 Å².